The van der Waals surface area contributed by atoms with Crippen LogP contribution in [0.4, 0.5) is 0 Å². The molecule has 0 aromatic heterocycles. The normalized spacial score (nSPS) is 10.0. The van der Waals surface area contributed by atoms with Crippen LogP contribution in [0.25, 0.3) is 0 Å². The minimum atomic E-state index is -0.128. The highest BCUT2D eigenvalue weighted by Gasteiger charge is 2.11. The van der Waals surface area contributed by atoms with Crippen LogP contribution in [0.15, 0.2) is 48.5 Å². The summed E-state index contributed by atoms with van der Waals surface area (Å²) in [5.41, 5.74) is 2.16. The molecule has 0 bridgehead atoms. The van der Waals surface area contributed by atoms with E-state index in [-0.39, 0.29) is 30.8 Å². The number of hydrogen-bond donors (Lipinski definition) is 0. The van der Waals surface area contributed by atoms with Gasteiger partial charge in [-0.15, -0.1) is 0 Å². The maximum atomic E-state index is 11.9. The molecule has 0 heterocycles. The van der Waals surface area contributed by atoms with Crippen molar-refractivity contribution in [3.8, 4) is 6.07 Å². The standard InChI is InChI=1S/C18H14ClNO2/c19-16-3-1-2-15(8-16)10-18(22)11-17(21)9-13-4-6-14(12-20)7-5-13/h1-8H,9-11H2. The average Bonchev–Trinajstić information content (AvgIpc) is 2.47. The van der Waals surface area contributed by atoms with Gasteiger partial charge in [0.15, 0.2) is 0 Å². The molecule has 0 N–H and O–H groups in total. The molecular formula is C18H14ClNO2. The lowest BCUT2D eigenvalue weighted by atomic mass is 10.0. The molecule has 0 radical (unpaired) electrons. The molecule has 0 fully saturated rings. The van der Waals surface area contributed by atoms with Gasteiger partial charge in [0.2, 0.25) is 0 Å². The largest absolute Gasteiger partial charge is 0.299 e. The van der Waals surface area contributed by atoms with Gasteiger partial charge in [-0.2, -0.15) is 5.26 Å². The maximum Gasteiger partial charge on any atom is 0.144 e. The van der Waals surface area contributed by atoms with Crippen molar-refractivity contribution >= 4 is 23.2 Å². The summed E-state index contributed by atoms with van der Waals surface area (Å²) in [6, 6.07) is 15.9. The molecule has 0 aliphatic carbocycles. The Labute approximate surface area is 134 Å². The Balaban J connectivity index is 1.88. The maximum absolute atomic E-state index is 11.9. The number of halogens is 1. The number of carbonyl (C=O) groups excluding carboxylic acids is 2. The van der Waals surface area contributed by atoms with Crippen LogP contribution in [-0.4, -0.2) is 11.6 Å². The number of carbonyl (C=O) groups is 2. The molecule has 0 atom stereocenters. The molecular weight excluding hydrogens is 298 g/mol. The van der Waals surface area contributed by atoms with E-state index in [2.05, 4.69) is 0 Å². The van der Waals surface area contributed by atoms with Gasteiger partial charge >= 0.3 is 0 Å². The Hall–Kier alpha value is -2.44. The van der Waals surface area contributed by atoms with Gasteiger partial charge < -0.3 is 0 Å². The first-order valence-electron chi connectivity index (χ1n) is 6.83. The first-order chi connectivity index (χ1) is 10.6. The molecule has 0 spiro atoms. The van der Waals surface area contributed by atoms with Crippen molar-refractivity contribution in [2.45, 2.75) is 19.3 Å². The van der Waals surface area contributed by atoms with E-state index in [9.17, 15) is 9.59 Å². The number of ketones is 2. The minimum Gasteiger partial charge on any atom is -0.299 e. The van der Waals surface area contributed by atoms with Gasteiger partial charge in [0.25, 0.3) is 0 Å². The minimum absolute atomic E-state index is 0.0908. The summed E-state index contributed by atoms with van der Waals surface area (Å²) >= 11 is 5.86. The van der Waals surface area contributed by atoms with Crippen LogP contribution in [0.2, 0.25) is 5.02 Å². The van der Waals surface area contributed by atoms with Crippen LogP contribution in [0.5, 0.6) is 0 Å². The zero-order chi connectivity index (χ0) is 15.9. The SMILES string of the molecule is N#Cc1ccc(CC(=O)CC(=O)Cc2cccc(Cl)c2)cc1. The number of hydrogen-bond acceptors (Lipinski definition) is 3. The number of nitrogens with zero attached hydrogens (tertiary/aromatic N) is 1. The Morgan fingerprint density at radius 2 is 1.59 bits per heavy atom. The van der Waals surface area contributed by atoms with Gasteiger partial charge in [-0.1, -0.05) is 35.9 Å². The van der Waals surface area contributed by atoms with E-state index in [4.69, 9.17) is 16.9 Å². The van der Waals surface area contributed by atoms with Crippen molar-refractivity contribution in [3.05, 3.63) is 70.2 Å². The van der Waals surface area contributed by atoms with Gasteiger partial charge in [-0.3, -0.25) is 9.59 Å². The second-order valence-corrected chi connectivity index (χ2v) is 5.48. The molecule has 4 heteroatoms. The van der Waals surface area contributed by atoms with Crippen LogP contribution in [0.1, 0.15) is 23.1 Å². The molecule has 2 aromatic carbocycles. The number of rotatable bonds is 6. The first-order valence-corrected chi connectivity index (χ1v) is 7.21. The third kappa shape index (κ3) is 4.83. The van der Waals surface area contributed by atoms with E-state index < -0.39 is 0 Å². The third-order valence-electron chi connectivity index (χ3n) is 3.17. The summed E-state index contributed by atoms with van der Waals surface area (Å²) < 4.78 is 0. The fraction of sp³-hybridized carbons (Fsp3) is 0.167. The molecule has 0 amide bonds. The number of Topliss-reactive ketones (excluding diaryl/α,β-unsaturated/α-hetero) is 2. The van der Waals surface area contributed by atoms with Gasteiger partial charge in [-0.25, -0.2) is 0 Å². The second-order valence-electron chi connectivity index (χ2n) is 5.05. The molecule has 110 valence electrons. The summed E-state index contributed by atoms with van der Waals surface area (Å²) in [6.45, 7) is 0. The third-order valence-corrected chi connectivity index (χ3v) is 3.40. The van der Waals surface area contributed by atoms with Crippen molar-refractivity contribution < 1.29 is 9.59 Å². The van der Waals surface area contributed by atoms with Crippen molar-refractivity contribution in [1.82, 2.24) is 0 Å². The van der Waals surface area contributed by atoms with Crippen LogP contribution in [0, 0.1) is 11.3 Å². The van der Waals surface area contributed by atoms with Crippen molar-refractivity contribution in [2.24, 2.45) is 0 Å². The molecule has 2 aromatic rings. The van der Waals surface area contributed by atoms with E-state index in [0.717, 1.165) is 11.1 Å². The van der Waals surface area contributed by atoms with E-state index in [0.29, 0.717) is 10.6 Å². The molecule has 3 nitrogen and oxygen atoms in total. The summed E-state index contributed by atoms with van der Waals surface area (Å²) in [5, 5.41) is 9.30. The van der Waals surface area contributed by atoms with Gasteiger partial charge in [-0.05, 0) is 35.4 Å². The predicted molar refractivity (Wildman–Crippen MR) is 84.6 cm³/mol. The molecule has 0 saturated heterocycles. The molecule has 0 saturated carbocycles. The molecule has 22 heavy (non-hydrogen) atoms. The molecule has 0 unspecified atom stereocenters. The van der Waals surface area contributed by atoms with E-state index in [1.54, 1.807) is 42.5 Å². The zero-order valence-electron chi connectivity index (χ0n) is 11.9. The molecule has 0 aliphatic rings. The fourth-order valence-electron chi connectivity index (χ4n) is 2.14. The number of nitriles is 1. The highest BCUT2D eigenvalue weighted by molar-refractivity contribution is 6.30. The van der Waals surface area contributed by atoms with Crippen LogP contribution < -0.4 is 0 Å². The zero-order valence-corrected chi connectivity index (χ0v) is 12.6. The summed E-state index contributed by atoms with van der Waals surface area (Å²) in [4.78, 5) is 23.8. The van der Waals surface area contributed by atoms with Crippen molar-refractivity contribution in [1.29, 1.82) is 5.26 Å². The first kappa shape index (κ1) is 15.9. The van der Waals surface area contributed by atoms with Crippen LogP contribution in [0.3, 0.4) is 0 Å². The van der Waals surface area contributed by atoms with Gasteiger partial charge in [0.1, 0.15) is 11.6 Å². The lowest BCUT2D eigenvalue weighted by molar-refractivity contribution is -0.126. The summed E-state index contributed by atoms with van der Waals surface area (Å²) in [6.07, 6.45) is 0.319. The smallest absolute Gasteiger partial charge is 0.144 e. The van der Waals surface area contributed by atoms with E-state index >= 15 is 0 Å². The Kier molecular flexibility index (Phi) is 5.46. The Morgan fingerprint density at radius 3 is 2.18 bits per heavy atom. The average molecular weight is 312 g/mol. The quantitative estimate of drug-likeness (QED) is 0.767. The van der Waals surface area contributed by atoms with Crippen molar-refractivity contribution in [3.63, 3.8) is 0 Å². The lowest BCUT2D eigenvalue weighted by Crippen LogP contribution is -2.12. The second kappa shape index (κ2) is 7.53. The Bertz CT molecular complexity index is 729. The fourth-order valence-corrected chi connectivity index (χ4v) is 2.36. The highest BCUT2D eigenvalue weighted by Crippen LogP contribution is 2.12. The van der Waals surface area contributed by atoms with Crippen LogP contribution in [-0.2, 0) is 22.4 Å². The predicted octanol–water partition coefficient (Wildman–Crippen LogP) is 3.53. The molecule has 2 rings (SSSR count). The molecule has 0 aliphatic heterocycles. The monoisotopic (exact) mass is 311 g/mol. The highest BCUT2D eigenvalue weighted by atomic mass is 35.5. The van der Waals surface area contributed by atoms with Crippen LogP contribution >= 0.6 is 11.6 Å². The summed E-state index contributed by atoms with van der Waals surface area (Å²) in [7, 11) is 0. The summed E-state index contributed by atoms with van der Waals surface area (Å²) in [5.74, 6) is -0.252. The van der Waals surface area contributed by atoms with E-state index in [1.807, 2.05) is 12.1 Å². The van der Waals surface area contributed by atoms with E-state index in [1.165, 1.54) is 0 Å². The topological polar surface area (TPSA) is 57.9 Å². The Morgan fingerprint density at radius 1 is 0.955 bits per heavy atom. The number of benzene rings is 2. The van der Waals surface area contributed by atoms with Crippen molar-refractivity contribution in [2.75, 3.05) is 0 Å². The van der Waals surface area contributed by atoms with Gasteiger partial charge in [0.05, 0.1) is 18.1 Å². The van der Waals surface area contributed by atoms with Gasteiger partial charge in [0, 0.05) is 17.9 Å². The lowest BCUT2D eigenvalue weighted by Gasteiger charge is -2.03.